The van der Waals surface area contributed by atoms with E-state index in [1.165, 1.54) is 0 Å². The number of aromatic amines is 1. The van der Waals surface area contributed by atoms with Crippen LogP contribution in [0, 0.1) is 6.92 Å². The van der Waals surface area contributed by atoms with Gasteiger partial charge in [-0.3, -0.25) is 9.89 Å². The third-order valence-corrected chi connectivity index (χ3v) is 5.53. The van der Waals surface area contributed by atoms with Crippen LogP contribution in [0.2, 0.25) is 5.02 Å². The molecule has 0 radical (unpaired) electrons. The quantitative estimate of drug-likeness (QED) is 0.883. The summed E-state index contributed by atoms with van der Waals surface area (Å²) < 4.78 is 0. The highest BCUT2D eigenvalue weighted by Crippen LogP contribution is 2.26. The Balaban J connectivity index is 1.50. The van der Waals surface area contributed by atoms with Crippen molar-refractivity contribution < 1.29 is 4.79 Å². The summed E-state index contributed by atoms with van der Waals surface area (Å²) in [6.45, 7) is 3.43. The molecule has 7 heteroatoms. The number of nitrogens with one attached hydrogen (secondary N) is 1. The minimum Gasteiger partial charge on any atom is -0.341 e. The van der Waals surface area contributed by atoms with E-state index in [0.717, 1.165) is 47.4 Å². The first-order chi connectivity index (χ1) is 11.6. The second kappa shape index (κ2) is 8.03. The van der Waals surface area contributed by atoms with Gasteiger partial charge in [0, 0.05) is 29.8 Å². The summed E-state index contributed by atoms with van der Waals surface area (Å²) in [5.41, 5.74) is 1.07. The van der Waals surface area contributed by atoms with Crippen LogP contribution in [0.5, 0.6) is 0 Å². The zero-order valence-corrected chi connectivity index (χ0v) is 15.2. The molecular formula is C17H21ClN4OS. The summed E-state index contributed by atoms with van der Waals surface area (Å²) >= 11 is 7.76. The number of thioether (sulfide) groups is 1. The smallest absolute Gasteiger partial charge is 0.232 e. The van der Waals surface area contributed by atoms with Gasteiger partial charge in [0.25, 0.3) is 0 Å². The molecule has 0 bridgehead atoms. The zero-order chi connectivity index (χ0) is 16.9. The molecule has 1 aromatic carbocycles. The normalized spacial score (nSPS) is 17.9. The van der Waals surface area contributed by atoms with Crippen LogP contribution in [0.25, 0.3) is 0 Å². The molecule has 0 aliphatic carbocycles. The standard InChI is InChI=1S/C17H21ClN4OS/c1-12-19-17(21-20-12)13-6-4-8-22(9-13)16(23)11-24-10-14-5-2-3-7-15(14)18/h2-3,5,7,13H,4,6,8-11H2,1H3,(H,19,20,21)/t13-/m1/s1. The minimum atomic E-state index is 0.184. The highest BCUT2D eigenvalue weighted by Gasteiger charge is 2.26. The summed E-state index contributed by atoms with van der Waals surface area (Å²) in [5.74, 6) is 3.30. The molecule has 1 amide bonds. The number of hydrogen-bond acceptors (Lipinski definition) is 4. The predicted octanol–water partition coefficient (Wildman–Crippen LogP) is 3.41. The Hall–Kier alpha value is -1.53. The topological polar surface area (TPSA) is 61.9 Å². The van der Waals surface area contributed by atoms with Gasteiger partial charge in [-0.05, 0) is 31.4 Å². The highest BCUT2D eigenvalue weighted by atomic mass is 35.5. The van der Waals surface area contributed by atoms with Gasteiger partial charge >= 0.3 is 0 Å². The summed E-state index contributed by atoms with van der Waals surface area (Å²) in [6, 6.07) is 7.77. The first-order valence-electron chi connectivity index (χ1n) is 8.11. The monoisotopic (exact) mass is 364 g/mol. The average molecular weight is 365 g/mol. The molecule has 3 rings (SSSR count). The minimum absolute atomic E-state index is 0.184. The Morgan fingerprint density at radius 3 is 3.04 bits per heavy atom. The molecule has 1 aliphatic rings. The van der Waals surface area contributed by atoms with E-state index in [2.05, 4.69) is 15.2 Å². The van der Waals surface area contributed by atoms with E-state index in [1.54, 1.807) is 11.8 Å². The van der Waals surface area contributed by atoms with Crippen molar-refractivity contribution in [1.82, 2.24) is 20.1 Å². The molecule has 1 aliphatic heterocycles. The molecule has 5 nitrogen and oxygen atoms in total. The van der Waals surface area contributed by atoms with Gasteiger partial charge in [0.2, 0.25) is 5.91 Å². The Bertz CT molecular complexity index is 705. The molecule has 24 heavy (non-hydrogen) atoms. The number of benzene rings is 1. The zero-order valence-electron chi connectivity index (χ0n) is 13.7. The number of hydrogen-bond donors (Lipinski definition) is 1. The maximum absolute atomic E-state index is 12.5. The van der Waals surface area contributed by atoms with Gasteiger partial charge in [-0.15, -0.1) is 11.8 Å². The van der Waals surface area contributed by atoms with Crippen molar-refractivity contribution in [2.75, 3.05) is 18.8 Å². The number of carbonyl (C=O) groups is 1. The van der Waals surface area contributed by atoms with E-state index in [1.807, 2.05) is 36.1 Å². The van der Waals surface area contributed by atoms with Gasteiger partial charge in [-0.2, -0.15) is 5.10 Å². The number of amides is 1. The Labute approximate surface area is 151 Å². The highest BCUT2D eigenvalue weighted by molar-refractivity contribution is 7.99. The number of aryl methyl sites for hydroxylation is 1. The maximum atomic E-state index is 12.5. The first kappa shape index (κ1) is 17.3. The molecule has 128 valence electrons. The van der Waals surface area contributed by atoms with E-state index < -0.39 is 0 Å². The molecule has 0 saturated carbocycles. The van der Waals surface area contributed by atoms with E-state index in [4.69, 9.17) is 11.6 Å². The van der Waals surface area contributed by atoms with E-state index in [-0.39, 0.29) is 11.8 Å². The van der Waals surface area contributed by atoms with Crippen LogP contribution in [0.15, 0.2) is 24.3 Å². The summed E-state index contributed by atoms with van der Waals surface area (Å²) in [6.07, 6.45) is 2.03. The van der Waals surface area contributed by atoms with Gasteiger partial charge < -0.3 is 4.90 Å². The van der Waals surface area contributed by atoms with Crippen molar-refractivity contribution in [2.45, 2.75) is 31.4 Å². The molecule has 1 saturated heterocycles. The van der Waals surface area contributed by atoms with Crippen molar-refractivity contribution in [2.24, 2.45) is 0 Å². The number of aromatic nitrogens is 3. The van der Waals surface area contributed by atoms with E-state index >= 15 is 0 Å². The van der Waals surface area contributed by atoms with Crippen LogP contribution >= 0.6 is 23.4 Å². The lowest BCUT2D eigenvalue weighted by Gasteiger charge is -2.31. The number of halogens is 1. The third-order valence-electron chi connectivity index (χ3n) is 4.19. The fourth-order valence-corrected chi connectivity index (χ4v) is 4.12. The molecule has 0 unspecified atom stereocenters. The van der Waals surface area contributed by atoms with Crippen LogP contribution in [0.4, 0.5) is 0 Å². The molecular weight excluding hydrogens is 344 g/mol. The Morgan fingerprint density at radius 2 is 2.29 bits per heavy atom. The SMILES string of the molecule is Cc1nc([C@@H]2CCCN(C(=O)CSCc3ccccc3Cl)C2)n[nH]1. The molecule has 1 atom stereocenters. The van der Waals surface area contributed by atoms with Gasteiger partial charge in [-0.25, -0.2) is 4.98 Å². The summed E-state index contributed by atoms with van der Waals surface area (Å²) in [4.78, 5) is 18.8. The number of rotatable bonds is 5. The number of likely N-dealkylation sites (tertiary alicyclic amines) is 1. The molecule has 2 heterocycles. The fraction of sp³-hybridized carbons (Fsp3) is 0.471. The lowest BCUT2D eigenvalue weighted by atomic mass is 9.97. The van der Waals surface area contributed by atoms with Crippen molar-refractivity contribution in [3.8, 4) is 0 Å². The van der Waals surface area contributed by atoms with Gasteiger partial charge in [0.05, 0.1) is 5.75 Å². The molecule has 1 fully saturated rings. The summed E-state index contributed by atoms with van der Waals surface area (Å²) in [5, 5.41) is 7.90. The largest absolute Gasteiger partial charge is 0.341 e. The molecule has 1 aromatic heterocycles. The van der Waals surface area contributed by atoms with Crippen LogP contribution < -0.4 is 0 Å². The fourth-order valence-electron chi connectivity index (χ4n) is 2.91. The second-order valence-corrected chi connectivity index (χ2v) is 7.43. The van der Waals surface area contributed by atoms with Gasteiger partial charge in [0.15, 0.2) is 5.82 Å². The first-order valence-corrected chi connectivity index (χ1v) is 9.64. The molecule has 2 aromatic rings. The van der Waals surface area contributed by atoms with Gasteiger partial charge in [-0.1, -0.05) is 29.8 Å². The number of carbonyl (C=O) groups excluding carboxylic acids is 1. The number of nitrogens with zero attached hydrogens (tertiary/aromatic N) is 3. The number of H-pyrrole nitrogens is 1. The van der Waals surface area contributed by atoms with E-state index in [9.17, 15) is 4.79 Å². The Kier molecular flexibility index (Phi) is 5.79. The van der Waals surface area contributed by atoms with Crippen molar-refractivity contribution in [3.05, 3.63) is 46.5 Å². The summed E-state index contributed by atoms with van der Waals surface area (Å²) in [7, 11) is 0. The third kappa shape index (κ3) is 4.30. The van der Waals surface area contributed by atoms with Crippen LogP contribution in [0.3, 0.4) is 0 Å². The lowest BCUT2D eigenvalue weighted by molar-refractivity contribution is -0.129. The lowest BCUT2D eigenvalue weighted by Crippen LogP contribution is -2.40. The van der Waals surface area contributed by atoms with Crippen LogP contribution in [0.1, 0.15) is 36.0 Å². The van der Waals surface area contributed by atoms with Crippen LogP contribution in [-0.2, 0) is 10.5 Å². The van der Waals surface area contributed by atoms with Crippen LogP contribution in [-0.4, -0.2) is 44.8 Å². The average Bonchev–Trinajstić information content (AvgIpc) is 3.03. The van der Waals surface area contributed by atoms with E-state index in [0.29, 0.717) is 12.3 Å². The van der Waals surface area contributed by atoms with Crippen molar-refractivity contribution in [1.29, 1.82) is 0 Å². The predicted molar refractivity (Wildman–Crippen MR) is 97.3 cm³/mol. The second-order valence-electron chi connectivity index (χ2n) is 6.04. The maximum Gasteiger partial charge on any atom is 0.232 e. The molecule has 0 spiro atoms. The Morgan fingerprint density at radius 1 is 1.46 bits per heavy atom. The van der Waals surface area contributed by atoms with Crippen molar-refractivity contribution >= 4 is 29.3 Å². The number of piperidine rings is 1. The molecule has 1 N–H and O–H groups in total. The van der Waals surface area contributed by atoms with Gasteiger partial charge in [0.1, 0.15) is 5.82 Å². The van der Waals surface area contributed by atoms with Crippen molar-refractivity contribution in [3.63, 3.8) is 0 Å².